The molecule has 2 heterocycles. The van der Waals surface area contributed by atoms with Crippen LogP contribution in [0.2, 0.25) is 0 Å². The first-order chi connectivity index (χ1) is 12.9. The predicted molar refractivity (Wildman–Crippen MR) is 106 cm³/mol. The first-order valence-corrected chi connectivity index (χ1v) is 10.7. The van der Waals surface area contributed by atoms with Gasteiger partial charge in [-0.3, -0.25) is 14.4 Å². The van der Waals surface area contributed by atoms with E-state index in [2.05, 4.69) is 15.9 Å². The molecule has 0 aromatic heterocycles. The molecule has 0 spiro atoms. The Hall–Kier alpha value is -1.64. The van der Waals surface area contributed by atoms with Crippen LogP contribution >= 0.6 is 27.7 Å². The molecule has 0 saturated carbocycles. The van der Waals surface area contributed by atoms with Crippen molar-refractivity contribution in [1.82, 2.24) is 4.90 Å². The van der Waals surface area contributed by atoms with Crippen LogP contribution in [-0.4, -0.2) is 58.6 Å². The summed E-state index contributed by atoms with van der Waals surface area (Å²) in [5, 5.41) is 8.77. The largest absolute Gasteiger partial charge is 0.481 e. The van der Waals surface area contributed by atoms with E-state index in [1.807, 2.05) is 6.26 Å². The molecule has 2 aliphatic heterocycles. The molecule has 0 bridgehead atoms. The molecule has 2 atom stereocenters. The maximum absolute atomic E-state index is 13.2. The Bertz CT molecular complexity index is 786. The highest BCUT2D eigenvalue weighted by molar-refractivity contribution is 9.10. The molecule has 0 unspecified atom stereocenters. The molecule has 2 aliphatic rings. The number of nitrogens with zero attached hydrogens (tertiary/aromatic N) is 1. The Labute approximate surface area is 170 Å². The molecule has 1 N–H and O–H groups in total. The number of carboxylic acids is 1. The zero-order chi connectivity index (χ0) is 19.6. The second-order valence-corrected chi connectivity index (χ2v) is 8.31. The molecule has 27 heavy (non-hydrogen) atoms. The van der Waals surface area contributed by atoms with Crippen molar-refractivity contribution in [2.24, 2.45) is 0 Å². The van der Waals surface area contributed by atoms with E-state index in [0.717, 1.165) is 17.3 Å². The number of carbonyl (C=O) groups is 3. The number of Topliss-reactive ketones (excluding diaryl/α,β-unsaturated/α-hetero) is 1. The molecular formula is C19H20BrNO5S. The fourth-order valence-corrected chi connectivity index (χ4v) is 4.65. The highest BCUT2D eigenvalue weighted by Crippen LogP contribution is 2.37. The van der Waals surface area contributed by atoms with E-state index >= 15 is 0 Å². The van der Waals surface area contributed by atoms with Crippen molar-refractivity contribution >= 4 is 45.4 Å². The number of amides is 1. The average Bonchev–Trinajstić information content (AvgIpc) is 3.23. The quantitative estimate of drug-likeness (QED) is 0.638. The number of rotatable bonds is 7. The zero-order valence-corrected chi connectivity index (χ0v) is 17.2. The number of carbonyl (C=O) groups excluding carboxylic acids is 2. The average molecular weight is 454 g/mol. The van der Waals surface area contributed by atoms with E-state index in [4.69, 9.17) is 4.74 Å². The molecule has 1 saturated heterocycles. The van der Waals surface area contributed by atoms with E-state index in [0.29, 0.717) is 18.7 Å². The standard InChI is InChI=1S/C19H20BrNO5S/c1-27-19-16(17(24)11-4-6-12(20)7-5-11)14(9-15(22)23)18(25)21(19)10-13-3-2-8-26-13/h4-7,13,19H,2-3,8-10H2,1H3,(H,22,23)/t13-,19+/m0/s1. The third-order valence-electron chi connectivity index (χ3n) is 4.70. The zero-order valence-electron chi connectivity index (χ0n) is 14.8. The number of ether oxygens (including phenoxy) is 1. The summed E-state index contributed by atoms with van der Waals surface area (Å²) >= 11 is 4.70. The summed E-state index contributed by atoms with van der Waals surface area (Å²) < 4.78 is 6.47. The lowest BCUT2D eigenvalue weighted by atomic mass is 9.98. The van der Waals surface area contributed by atoms with Crippen molar-refractivity contribution in [2.75, 3.05) is 19.4 Å². The molecule has 1 aromatic rings. The van der Waals surface area contributed by atoms with E-state index < -0.39 is 17.8 Å². The van der Waals surface area contributed by atoms with Crippen LogP contribution in [0.15, 0.2) is 39.9 Å². The van der Waals surface area contributed by atoms with Gasteiger partial charge in [0.25, 0.3) is 5.91 Å². The molecule has 0 radical (unpaired) electrons. The minimum absolute atomic E-state index is 0.0724. The van der Waals surface area contributed by atoms with Gasteiger partial charge in [-0.1, -0.05) is 15.9 Å². The Kier molecular flexibility index (Phi) is 6.39. The maximum Gasteiger partial charge on any atom is 0.308 e. The summed E-state index contributed by atoms with van der Waals surface area (Å²) in [6.07, 6.45) is 3.08. The van der Waals surface area contributed by atoms with Crippen LogP contribution in [0.1, 0.15) is 29.6 Å². The van der Waals surface area contributed by atoms with Gasteiger partial charge in [-0.25, -0.2) is 0 Å². The lowest BCUT2D eigenvalue weighted by molar-refractivity contribution is -0.137. The van der Waals surface area contributed by atoms with Gasteiger partial charge in [0, 0.05) is 34.3 Å². The van der Waals surface area contributed by atoms with Crippen LogP contribution in [-0.2, 0) is 14.3 Å². The van der Waals surface area contributed by atoms with Gasteiger partial charge in [0.05, 0.1) is 12.5 Å². The number of carboxylic acid groups (broad SMARTS) is 1. The summed E-state index contributed by atoms with van der Waals surface area (Å²) in [5.74, 6) is -1.81. The van der Waals surface area contributed by atoms with Crippen LogP contribution in [0.5, 0.6) is 0 Å². The summed E-state index contributed by atoms with van der Waals surface area (Å²) in [6, 6.07) is 6.84. The van der Waals surface area contributed by atoms with Gasteiger partial charge in [-0.05, 0) is 43.4 Å². The Morgan fingerprint density at radius 2 is 2.04 bits per heavy atom. The summed E-state index contributed by atoms with van der Waals surface area (Å²) in [4.78, 5) is 39.1. The minimum Gasteiger partial charge on any atom is -0.481 e. The number of aliphatic carboxylic acids is 1. The minimum atomic E-state index is -1.13. The molecule has 1 fully saturated rings. The van der Waals surface area contributed by atoms with Gasteiger partial charge in [0.1, 0.15) is 5.37 Å². The molecular weight excluding hydrogens is 434 g/mol. The second kappa shape index (κ2) is 8.58. The Morgan fingerprint density at radius 1 is 1.33 bits per heavy atom. The maximum atomic E-state index is 13.2. The first-order valence-electron chi connectivity index (χ1n) is 8.62. The van der Waals surface area contributed by atoms with Gasteiger partial charge in [0.2, 0.25) is 0 Å². The molecule has 1 aromatic carbocycles. The fraction of sp³-hybridized carbons (Fsp3) is 0.421. The summed E-state index contributed by atoms with van der Waals surface area (Å²) in [7, 11) is 0. The van der Waals surface area contributed by atoms with E-state index in [-0.39, 0.29) is 28.9 Å². The summed E-state index contributed by atoms with van der Waals surface area (Å²) in [6.45, 7) is 1.03. The van der Waals surface area contributed by atoms with Gasteiger partial charge in [0.15, 0.2) is 5.78 Å². The molecule has 1 amide bonds. The Balaban J connectivity index is 1.97. The van der Waals surface area contributed by atoms with Gasteiger partial charge in [-0.15, -0.1) is 11.8 Å². The topological polar surface area (TPSA) is 83.9 Å². The third kappa shape index (κ3) is 4.28. The number of hydrogen-bond acceptors (Lipinski definition) is 5. The molecule has 0 aliphatic carbocycles. The lowest BCUT2D eigenvalue weighted by Gasteiger charge is -2.27. The normalized spacial score (nSPS) is 22.6. The highest BCUT2D eigenvalue weighted by Gasteiger charge is 2.43. The predicted octanol–water partition coefficient (Wildman–Crippen LogP) is 3.11. The second-order valence-electron chi connectivity index (χ2n) is 6.48. The van der Waals surface area contributed by atoms with E-state index in [1.54, 1.807) is 29.2 Å². The van der Waals surface area contributed by atoms with Gasteiger partial charge < -0.3 is 14.7 Å². The molecule has 6 nitrogen and oxygen atoms in total. The van der Waals surface area contributed by atoms with Crippen LogP contribution in [0, 0.1) is 0 Å². The number of ketones is 1. The van der Waals surface area contributed by atoms with Gasteiger partial charge >= 0.3 is 5.97 Å². The molecule has 3 rings (SSSR count). The summed E-state index contributed by atoms with van der Waals surface area (Å²) in [5.41, 5.74) is 0.782. The SMILES string of the molecule is CS[C@@H]1C(C(=O)c2ccc(Br)cc2)=C(CC(=O)O)C(=O)N1C[C@@H]1CCCO1. The lowest BCUT2D eigenvalue weighted by Crippen LogP contribution is -2.40. The van der Waals surface area contributed by atoms with E-state index in [1.165, 1.54) is 11.8 Å². The number of thioether (sulfide) groups is 1. The van der Waals surface area contributed by atoms with Crippen molar-refractivity contribution in [2.45, 2.75) is 30.7 Å². The van der Waals surface area contributed by atoms with Crippen LogP contribution in [0.4, 0.5) is 0 Å². The van der Waals surface area contributed by atoms with E-state index in [9.17, 15) is 19.5 Å². The van der Waals surface area contributed by atoms with Crippen molar-refractivity contribution in [3.05, 3.63) is 45.4 Å². The van der Waals surface area contributed by atoms with Crippen molar-refractivity contribution in [3.63, 3.8) is 0 Å². The van der Waals surface area contributed by atoms with Crippen LogP contribution in [0.3, 0.4) is 0 Å². The van der Waals surface area contributed by atoms with Crippen LogP contribution in [0.25, 0.3) is 0 Å². The molecule has 144 valence electrons. The number of benzene rings is 1. The van der Waals surface area contributed by atoms with Crippen molar-refractivity contribution in [1.29, 1.82) is 0 Å². The molecule has 8 heteroatoms. The van der Waals surface area contributed by atoms with Crippen molar-refractivity contribution in [3.8, 4) is 0 Å². The number of halogens is 1. The van der Waals surface area contributed by atoms with Gasteiger partial charge in [-0.2, -0.15) is 0 Å². The van der Waals surface area contributed by atoms with Crippen LogP contribution < -0.4 is 0 Å². The fourth-order valence-electron chi connectivity index (χ4n) is 3.46. The first kappa shape index (κ1) is 20.1. The Morgan fingerprint density at radius 3 is 2.59 bits per heavy atom. The monoisotopic (exact) mass is 453 g/mol. The smallest absolute Gasteiger partial charge is 0.308 e. The highest BCUT2D eigenvalue weighted by atomic mass is 79.9. The van der Waals surface area contributed by atoms with Crippen molar-refractivity contribution < 1.29 is 24.2 Å². The third-order valence-corrected chi connectivity index (χ3v) is 6.17. The number of hydrogen-bond donors (Lipinski definition) is 1.